The lowest BCUT2D eigenvalue weighted by atomic mass is 10.1. The number of anilines is 1. The molecule has 0 unspecified atom stereocenters. The first kappa shape index (κ1) is 18.1. The van der Waals surface area contributed by atoms with Crippen molar-refractivity contribution in [2.24, 2.45) is 5.73 Å². The van der Waals surface area contributed by atoms with Gasteiger partial charge in [-0.1, -0.05) is 30.3 Å². The van der Waals surface area contributed by atoms with E-state index in [4.69, 9.17) is 10.5 Å². The van der Waals surface area contributed by atoms with Crippen molar-refractivity contribution in [2.45, 2.75) is 6.61 Å². The Balaban J connectivity index is 1.74. The second-order valence-corrected chi connectivity index (χ2v) is 5.81. The molecule has 0 bridgehead atoms. The molecule has 0 aliphatic carbocycles. The Morgan fingerprint density at radius 3 is 2.44 bits per heavy atom. The molecule has 0 aromatic heterocycles. The molecule has 0 saturated heterocycles. The van der Waals surface area contributed by atoms with Crippen LogP contribution in [-0.2, 0) is 6.61 Å². The highest BCUT2D eigenvalue weighted by Gasteiger charge is 2.13. The number of amides is 2. The first-order valence-electron chi connectivity index (χ1n) is 8.20. The fourth-order valence-corrected chi connectivity index (χ4v) is 2.47. The molecule has 2 amide bonds. The molecule has 3 aromatic rings. The predicted molar refractivity (Wildman–Crippen MR) is 100 cm³/mol. The Morgan fingerprint density at radius 2 is 1.70 bits per heavy atom. The number of nitrogens with one attached hydrogen (secondary N) is 1. The summed E-state index contributed by atoms with van der Waals surface area (Å²) in [7, 11) is 0. The standard InChI is InChI=1S/C21H17FN2O3/c22-16-10-8-14(9-11-16)13-27-19-7-2-1-6-18(19)21(26)24-17-5-3-4-15(12-17)20(23)25/h1-12H,13H2,(H2,23,25)(H,24,26). The maximum absolute atomic E-state index is 13.0. The van der Waals surface area contributed by atoms with E-state index in [-0.39, 0.29) is 18.3 Å². The van der Waals surface area contributed by atoms with Gasteiger partial charge in [-0.2, -0.15) is 0 Å². The molecule has 136 valence electrons. The van der Waals surface area contributed by atoms with E-state index in [9.17, 15) is 14.0 Å². The number of para-hydroxylation sites is 1. The van der Waals surface area contributed by atoms with Gasteiger partial charge in [-0.3, -0.25) is 9.59 Å². The molecule has 3 aromatic carbocycles. The number of hydrogen-bond acceptors (Lipinski definition) is 3. The number of ether oxygens (including phenoxy) is 1. The number of nitrogens with two attached hydrogens (primary N) is 1. The molecule has 0 aliphatic rings. The van der Waals surface area contributed by atoms with Gasteiger partial charge in [-0.25, -0.2) is 4.39 Å². The van der Waals surface area contributed by atoms with Gasteiger partial charge in [0.15, 0.2) is 0 Å². The zero-order valence-corrected chi connectivity index (χ0v) is 14.3. The minimum Gasteiger partial charge on any atom is -0.488 e. The third-order valence-electron chi connectivity index (χ3n) is 3.84. The van der Waals surface area contributed by atoms with Crippen LogP contribution in [0, 0.1) is 5.82 Å². The van der Waals surface area contributed by atoms with Crippen LogP contribution >= 0.6 is 0 Å². The highest BCUT2D eigenvalue weighted by molar-refractivity contribution is 6.06. The molecule has 0 saturated carbocycles. The molecule has 0 fully saturated rings. The van der Waals surface area contributed by atoms with Crippen molar-refractivity contribution in [3.8, 4) is 5.75 Å². The van der Waals surface area contributed by atoms with Gasteiger partial charge in [-0.15, -0.1) is 0 Å². The first-order valence-corrected chi connectivity index (χ1v) is 8.20. The van der Waals surface area contributed by atoms with Gasteiger partial charge < -0.3 is 15.8 Å². The van der Waals surface area contributed by atoms with E-state index in [1.54, 1.807) is 54.6 Å². The van der Waals surface area contributed by atoms with Crippen LogP contribution in [0.2, 0.25) is 0 Å². The summed E-state index contributed by atoms with van der Waals surface area (Å²) in [5.74, 6) is -0.887. The summed E-state index contributed by atoms with van der Waals surface area (Å²) in [5.41, 5.74) is 7.12. The van der Waals surface area contributed by atoms with Gasteiger partial charge in [0.1, 0.15) is 18.2 Å². The molecule has 0 spiro atoms. The fourth-order valence-electron chi connectivity index (χ4n) is 2.47. The van der Waals surface area contributed by atoms with Crippen LogP contribution < -0.4 is 15.8 Å². The van der Waals surface area contributed by atoms with Crippen LogP contribution in [0.15, 0.2) is 72.8 Å². The summed E-state index contributed by atoms with van der Waals surface area (Å²) in [6.07, 6.45) is 0. The van der Waals surface area contributed by atoms with Crippen molar-refractivity contribution >= 4 is 17.5 Å². The second-order valence-electron chi connectivity index (χ2n) is 5.81. The van der Waals surface area contributed by atoms with Gasteiger partial charge in [0.05, 0.1) is 5.56 Å². The molecular weight excluding hydrogens is 347 g/mol. The molecular formula is C21H17FN2O3. The number of benzene rings is 3. The Morgan fingerprint density at radius 1 is 0.963 bits per heavy atom. The summed E-state index contributed by atoms with van der Waals surface area (Å²) >= 11 is 0. The van der Waals surface area contributed by atoms with E-state index in [1.165, 1.54) is 18.2 Å². The second kappa shape index (κ2) is 8.14. The SMILES string of the molecule is NC(=O)c1cccc(NC(=O)c2ccccc2OCc2ccc(F)cc2)c1. The number of rotatable bonds is 6. The summed E-state index contributed by atoms with van der Waals surface area (Å²) in [5, 5.41) is 2.72. The molecule has 0 heterocycles. The van der Waals surface area contributed by atoms with Crippen molar-refractivity contribution in [1.29, 1.82) is 0 Å². The lowest BCUT2D eigenvalue weighted by molar-refractivity contribution is 0.0995. The van der Waals surface area contributed by atoms with Crippen LogP contribution in [0.25, 0.3) is 0 Å². The molecule has 0 aliphatic heterocycles. The third-order valence-corrected chi connectivity index (χ3v) is 3.84. The van der Waals surface area contributed by atoms with Crippen LogP contribution in [0.5, 0.6) is 5.75 Å². The van der Waals surface area contributed by atoms with Crippen LogP contribution in [0.4, 0.5) is 10.1 Å². The van der Waals surface area contributed by atoms with Crippen LogP contribution in [-0.4, -0.2) is 11.8 Å². The summed E-state index contributed by atoms with van der Waals surface area (Å²) in [4.78, 5) is 23.9. The minimum absolute atomic E-state index is 0.196. The fraction of sp³-hybridized carbons (Fsp3) is 0.0476. The number of primary amides is 1. The molecule has 0 radical (unpaired) electrons. The number of hydrogen-bond donors (Lipinski definition) is 2. The van der Waals surface area contributed by atoms with Gasteiger partial charge in [0, 0.05) is 11.3 Å². The monoisotopic (exact) mass is 364 g/mol. The molecule has 27 heavy (non-hydrogen) atoms. The Kier molecular flexibility index (Phi) is 5.47. The van der Waals surface area contributed by atoms with Crippen molar-refractivity contribution in [2.75, 3.05) is 5.32 Å². The normalized spacial score (nSPS) is 10.3. The van der Waals surface area contributed by atoms with Crippen LogP contribution in [0.1, 0.15) is 26.3 Å². The third kappa shape index (κ3) is 4.70. The quantitative estimate of drug-likeness (QED) is 0.699. The minimum atomic E-state index is -0.575. The topological polar surface area (TPSA) is 81.4 Å². The number of carbonyl (C=O) groups is 2. The van der Waals surface area contributed by atoms with Gasteiger partial charge in [0.2, 0.25) is 5.91 Å². The highest BCUT2D eigenvalue weighted by Crippen LogP contribution is 2.21. The maximum Gasteiger partial charge on any atom is 0.259 e. The van der Waals surface area contributed by atoms with Gasteiger partial charge >= 0.3 is 0 Å². The van der Waals surface area contributed by atoms with E-state index >= 15 is 0 Å². The Bertz CT molecular complexity index is 971. The predicted octanol–water partition coefficient (Wildman–Crippen LogP) is 3.76. The Hall–Kier alpha value is -3.67. The van der Waals surface area contributed by atoms with Crippen LogP contribution in [0.3, 0.4) is 0 Å². The van der Waals surface area contributed by atoms with E-state index in [0.29, 0.717) is 22.6 Å². The summed E-state index contributed by atoms with van der Waals surface area (Å²) < 4.78 is 18.7. The summed E-state index contributed by atoms with van der Waals surface area (Å²) in [6.45, 7) is 0.196. The van der Waals surface area contributed by atoms with Crippen molar-refractivity contribution in [1.82, 2.24) is 0 Å². The summed E-state index contributed by atoms with van der Waals surface area (Å²) in [6, 6.07) is 19.1. The van der Waals surface area contributed by atoms with Gasteiger partial charge in [0.25, 0.3) is 5.91 Å². The lowest BCUT2D eigenvalue weighted by Gasteiger charge is -2.12. The first-order chi connectivity index (χ1) is 13.0. The average Bonchev–Trinajstić information content (AvgIpc) is 2.68. The Labute approximate surface area is 155 Å². The molecule has 0 atom stereocenters. The molecule has 3 rings (SSSR count). The van der Waals surface area contributed by atoms with E-state index in [0.717, 1.165) is 5.56 Å². The zero-order chi connectivity index (χ0) is 19.2. The lowest BCUT2D eigenvalue weighted by Crippen LogP contribution is -2.15. The largest absolute Gasteiger partial charge is 0.488 e. The van der Waals surface area contributed by atoms with Crippen molar-refractivity contribution in [3.05, 3.63) is 95.3 Å². The molecule has 6 heteroatoms. The number of carbonyl (C=O) groups excluding carboxylic acids is 2. The van der Waals surface area contributed by atoms with E-state index < -0.39 is 5.91 Å². The van der Waals surface area contributed by atoms with Crippen molar-refractivity contribution < 1.29 is 18.7 Å². The maximum atomic E-state index is 13.0. The number of halogens is 1. The van der Waals surface area contributed by atoms with Gasteiger partial charge in [-0.05, 0) is 48.0 Å². The van der Waals surface area contributed by atoms with E-state index in [2.05, 4.69) is 5.32 Å². The van der Waals surface area contributed by atoms with E-state index in [1.807, 2.05) is 0 Å². The highest BCUT2D eigenvalue weighted by atomic mass is 19.1. The smallest absolute Gasteiger partial charge is 0.259 e. The van der Waals surface area contributed by atoms with Crippen molar-refractivity contribution in [3.63, 3.8) is 0 Å². The molecule has 3 N–H and O–H groups in total. The average molecular weight is 364 g/mol. The molecule has 5 nitrogen and oxygen atoms in total. The zero-order valence-electron chi connectivity index (χ0n) is 14.3.